The summed E-state index contributed by atoms with van der Waals surface area (Å²) in [5, 5.41) is 12.0. The SMILES string of the molecule is CC(C)Oc1cccnc1N1CCC(=NO)CC1. The van der Waals surface area contributed by atoms with Crippen molar-refractivity contribution < 1.29 is 9.94 Å². The fraction of sp³-hybridized carbons (Fsp3) is 0.538. The van der Waals surface area contributed by atoms with Gasteiger partial charge in [-0.05, 0) is 26.0 Å². The molecule has 18 heavy (non-hydrogen) atoms. The molecule has 0 aliphatic carbocycles. The minimum atomic E-state index is 0.132. The Morgan fingerprint density at radius 1 is 1.39 bits per heavy atom. The highest BCUT2D eigenvalue weighted by molar-refractivity contribution is 5.86. The summed E-state index contributed by atoms with van der Waals surface area (Å²) in [4.78, 5) is 6.58. The molecular weight excluding hydrogens is 230 g/mol. The molecule has 1 aromatic heterocycles. The number of hydrogen-bond acceptors (Lipinski definition) is 5. The molecule has 5 heteroatoms. The zero-order valence-corrected chi connectivity index (χ0v) is 10.8. The third kappa shape index (κ3) is 2.91. The lowest BCUT2D eigenvalue weighted by atomic mass is 10.1. The molecule has 1 aliphatic heterocycles. The fourth-order valence-electron chi connectivity index (χ4n) is 2.04. The molecule has 1 aromatic rings. The Morgan fingerprint density at radius 2 is 2.11 bits per heavy atom. The molecule has 0 radical (unpaired) electrons. The van der Waals surface area contributed by atoms with Crippen LogP contribution in [0.15, 0.2) is 23.5 Å². The van der Waals surface area contributed by atoms with Crippen LogP contribution in [-0.2, 0) is 0 Å². The van der Waals surface area contributed by atoms with Gasteiger partial charge in [-0.1, -0.05) is 5.16 Å². The van der Waals surface area contributed by atoms with Crippen molar-refractivity contribution in [3.8, 4) is 5.75 Å². The van der Waals surface area contributed by atoms with Crippen LogP contribution in [0.4, 0.5) is 5.82 Å². The minimum Gasteiger partial charge on any atom is -0.487 e. The lowest BCUT2D eigenvalue weighted by Gasteiger charge is -2.29. The van der Waals surface area contributed by atoms with E-state index in [9.17, 15) is 0 Å². The van der Waals surface area contributed by atoms with Crippen LogP contribution in [0.2, 0.25) is 0 Å². The number of hydrogen-bond donors (Lipinski definition) is 1. The minimum absolute atomic E-state index is 0.132. The summed E-state index contributed by atoms with van der Waals surface area (Å²) in [6.07, 6.45) is 3.45. The lowest BCUT2D eigenvalue weighted by Crippen LogP contribution is -2.34. The van der Waals surface area contributed by atoms with Gasteiger partial charge >= 0.3 is 0 Å². The number of nitrogens with zero attached hydrogens (tertiary/aromatic N) is 3. The van der Waals surface area contributed by atoms with E-state index in [1.54, 1.807) is 6.20 Å². The number of piperidine rings is 1. The van der Waals surface area contributed by atoms with Crippen molar-refractivity contribution in [2.75, 3.05) is 18.0 Å². The molecule has 1 aliphatic rings. The number of ether oxygens (including phenoxy) is 1. The molecule has 2 heterocycles. The van der Waals surface area contributed by atoms with Gasteiger partial charge < -0.3 is 14.8 Å². The number of rotatable bonds is 3. The zero-order valence-electron chi connectivity index (χ0n) is 10.8. The molecule has 2 rings (SSSR count). The molecule has 0 atom stereocenters. The Labute approximate surface area is 107 Å². The first-order valence-corrected chi connectivity index (χ1v) is 6.27. The Balaban J connectivity index is 2.13. The van der Waals surface area contributed by atoms with Crippen LogP contribution in [0.1, 0.15) is 26.7 Å². The normalized spacial score (nSPS) is 15.9. The van der Waals surface area contributed by atoms with Crippen LogP contribution in [0.5, 0.6) is 5.75 Å². The summed E-state index contributed by atoms with van der Waals surface area (Å²) >= 11 is 0. The molecule has 0 amide bonds. The number of aromatic nitrogens is 1. The van der Waals surface area contributed by atoms with Crippen LogP contribution in [0, 0.1) is 0 Å². The summed E-state index contributed by atoms with van der Waals surface area (Å²) in [6, 6.07) is 3.82. The first-order chi connectivity index (χ1) is 8.70. The van der Waals surface area contributed by atoms with Gasteiger partial charge in [-0.25, -0.2) is 4.98 Å². The van der Waals surface area contributed by atoms with Crippen LogP contribution in [0.25, 0.3) is 0 Å². The van der Waals surface area contributed by atoms with Crippen LogP contribution in [0.3, 0.4) is 0 Å². The molecule has 5 nitrogen and oxygen atoms in total. The molecular formula is C13H19N3O2. The standard InChI is InChI=1S/C13H19N3O2/c1-10(2)18-12-4-3-7-14-13(12)16-8-5-11(15-17)6-9-16/h3-4,7,10,17H,5-6,8-9H2,1-2H3. The second-order valence-corrected chi connectivity index (χ2v) is 4.65. The van der Waals surface area contributed by atoms with Crippen LogP contribution >= 0.6 is 0 Å². The van der Waals surface area contributed by atoms with Gasteiger partial charge in [0.2, 0.25) is 0 Å². The molecule has 0 bridgehead atoms. The van der Waals surface area contributed by atoms with E-state index in [0.29, 0.717) is 0 Å². The number of oxime groups is 1. The first kappa shape index (κ1) is 12.7. The quantitative estimate of drug-likeness (QED) is 0.659. The summed E-state index contributed by atoms with van der Waals surface area (Å²) in [5.41, 5.74) is 0.855. The van der Waals surface area contributed by atoms with Crippen molar-refractivity contribution in [3.63, 3.8) is 0 Å². The Hall–Kier alpha value is -1.78. The third-order valence-electron chi connectivity index (χ3n) is 2.90. The molecule has 0 spiro atoms. The van der Waals surface area contributed by atoms with Crippen molar-refractivity contribution in [3.05, 3.63) is 18.3 Å². The monoisotopic (exact) mass is 249 g/mol. The van der Waals surface area contributed by atoms with E-state index in [0.717, 1.165) is 43.2 Å². The van der Waals surface area contributed by atoms with E-state index in [2.05, 4.69) is 15.0 Å². The van der Waals surface area contributed by atoms with Gasteiger partial charge in [-0.15, -0.1) is 0 Å². The lowest BCUT2D eigenvalue weighted by molar-refractivity contribution is 0.242. The van der Waals surface area contributed by atoms with Crippen molar-refractivity contribution in [2.24, 2.45) is 5.16 Å². The van der Waals surface area contributed by atoms with Crippen molar-refractivity contribution in [1.29, 1.82) is 0 Å². The number of anilines is 1. The average Bonchev–Trinajstić information content (AvgIpc) is 2.39. The fourth-order valence-corrected chi connectivity index (χ4v) is 2.04. The molecule has 0 aromatic carbocycles. The molecule has 1 N–H and O–H groups in total. The highest BCUT2D eigenvalue weighted by Crippen LogP contribution is 2.28. The third-order valence-corrected chi connectivity index (χ3v) is 2.90. The Bertz CT molecular complexity index is 422. The van der Waals surface area contributed by atoms with E-state index >= 15 is 0 Å². The predicted octanol–water partition coefficient (Wildman–Crippen LogP) is 2.30. The number of pyridine rings is 1. The molecule has 0 unspecified atom stereocenters. The smallest absolute Gasteiger partial charge is 0.171 e. The highest BCUT2D eigenvalue weighted by atomic mass is 16.5. The van der Waals surface area contributed by atoms with E-state index < -0.39 is 0 Å². The highest BCUT2D eigenvalue weighted by Gasteiger charge is 2.20. The van der Waals surface area contributed by atoms with Crippen LogP contribution in [-0.4, -0.2) is 35.1 Å². The molecule has 1 saturated heterocycles. The Kier molecular flexibility index (Phi) is 4.02. The zero-order chi connectivity index (χ0) is 13.0. The van der Waals surface area contributed by atoms with Crippen molar-refractivity contribution in [1.82, 2.24) is 4.98 Å². The molecule has 0 saturated carbocycles. The van der Waals surface area contributed by atoms with Crippen molar-refractivity contribution in [2.45, 2.75) is 32.8 Å². The molecule has 98 valence electrons. The van der Waals surface area contributed by atoms with Gasteiger partial charge in [0.05, 0.1) is 11.8 Å². The van der Waals surface area contributed by atoms with Crippen molar-refractivity contribution >= 4 is 11.5 Å². The maximum atomic E-state index is 8.75. The maximum Gasteiger partial charge on any atom is 0.171 e. The van der Waals surface area contributed by atoms with Gasteiger partial charge in [-0.3, -0.25) is 0 Å². The maximum absolute atomic E-state index is 8.75. The van der Waals surface area contributed by atoms with E-state index in [-0.39, 0.29) is 6.10 Å². The summed E-state index contributed by atoms with van der Waals surface area (Å²) in [5.74, 6) is 1.69. The van der Waals surface area contributed by atoms with Gasteiger partial charge in [0.25, 0.3) is 0 Å². The second-order valence-electron chi connectivity index (χ2n) is 4.65. The van der Waals surface area contributed by atoms with E-state index in [1.807, 2.05) is 26.0 Å². The largest absolute Gasteiger partial charge is 0.487 e. The van der Waals surface area contributed by atoms with Gasteiger partial charge in [0.15, 0.2) is 11.6 Å². The van der Waals surface area contributed by atoms with E-state index in [4.69, 9.17) is 9.94 Å². The summed E-state index contributed by atoms with van der Waals surface area (Å²) in [7, 11) is 0. The van der Waals surface area contributed by atoms with E-state index in [1.165, 1.54) is 0 Å². The molecule has 1 fully saturated rings. The average molecular weight is 249 g/mol. The topological polar surface area (TPSA) is 58.0 Å². The van der Waals surface area contributed by atoms with Gasteiger partial charge in [0, 0.05) is 32.1 Å². The second kappa shape index (κ2) is 5.71. The Morgan fingerprint density at radius 3 is 2.72 bits per heavy atom. The van der Waals surface area contributed by atoms with Gasteiger partial charge in [-0.2, -0.15) is 0 Å². The first-order valence-electron chi connectivity index (χ1n) is 6.27. The predicted molar refractivity (Wildman–Crippen MR) is 70.7 cm³/mol. The van der Waals surface area contributed by atoms with Crippen LogP contribution < -0.4 is 9.64 Å². The summed E-state index contributed by atoms with van der Waals surface area (Å²) in [6.45, 7) is 5.63. The summed E-state index contributed by atoms with van der Waals surface area (Å²) < 4.78 is 5.77. The van der Waals surface area contributed by atoms with Gasteiger partial charge in [0.1, 0.15) is 0 Å².